The topological polar surface area (TPSA) is 75.3 Å². The van der Waals surface area contributed by atoms with Crippen LogP contribution >= 0.6 is 0 Å². The molecular weight excluding hydrogens is 324 g/mol. The Morgan fingerprint density at radius 2 is 1.62 bits per heavy atom. The van der Waals surface area contributed by atoms with Crippen molar-refractivity contribution in [1.29, 1.82) is 0 Å². The number of amides is 1. The molecule has 2 rings (SSSR count). The highest BCUT2D eigenvalue weighted by Gasteiger charge is 2.21. The number of unbranched alkanes of at least 4 members (excludes halogenated alkanes) is 2. The summed E-state index contributed by atoms with van der Waals surface area (Å²) in [6.45, 7) is 2.80. The second-order valence-electron chi connectivity index (χ2n) is 5.43. The molecule has 0 saturated carbocycles. The first-order valence-corrected chi connectivity index (χ1v) is 9.48. The summed E-state index contributed by atoms with van der Waals surface area (Å²) in [5.74, 6) is -0.642. The van der Waals surface area contributed by atoms with Gasteiger partial charge in [0, 0.05) is 12.1 Å². The number of carbonyl (C=O) groups excluding carboxylic acids is 1. The highest BCUT2D eigenvalue weighted by atomic mass is 32.2. The molecule has 0 heterocycles. The highest BCUT2D eigenvalue weighted by molar-refractivity contribution is 7.90. The molecule has 0 unspecified atom stereocenters. The fourth-order valence-corrected chi connectivity index (χ4v) is 3.43. The average molecular weight is 346 g/mol. The van der Waals surface area contributed by atoms with Crippen LogP contribution in [0.1, 0.15) is 36.5 Å². The molecule has 5 nitrogen and oxygen atoms in total. The molecule has 1 amide bonds. The van der Waals surface area contributed by atoms with Gasteiger partial charge in [-0.05, 0) is 30.7 Å². The van der Waals surface area contributed by atoms with Gasteiger partial charge in [-0.3, -0.25) is 4.79 Å². The highest BCUT2D eigenvalue weighted by Crippen LogP contribution is 2.21. The van der Waals surface area contributed by atoms with Crippen molar-refractivity contribution >= 4 is 21.6 Å². The van der Waals surface area contributed by atoms with Gasteiger partial charge in [-0.25, -0.2) is 13.1 Å². The van der Waals surface area contributed by atoms with Gasteiger partial charge < -0.3 is 5.32 Å². The summed E-state index contributed by atoms with van der Waals surface area (Å²) in [6, 6.07) is 14.9. The predicted molar refractivity (Wildman–Crippen MR) is 95.6 cm³/mol. The third-order valence-corrected chi connectivity index (χ3v) is 4.92. The van der Waals surface area contributed by atoms with Crippen LogP contribution in [0.25, 0.3) is 0 Å². The monoisotopic (exact) mass is 346 g/mol. The van der Waals surface area contributed by atoms with Crippen LogP contribution in [-0.4, -0.2) is 20.9 Å². The average Bonchev–Trinajstić information content (AvgIpc) is 2.59. The van der Waals surface area contributed by atoms with Crippen LogP contribution in [0.15, 0.2) is 59.5 Å². The SMILES string of the molecule is CCCCCNc1ccccc1S(=O)(=O)NC(=O)c1ccccc1. The van der Waals surface area contributed by atoms with E-state index in [0.29, 0.717) is 17.8 Å². The van der Waals surface area contributed by atoms with E-state index >= 15 is 0 Å². The molecule has 0 atom stereocenters. The van der Waals surface area contributed by atoms with E-state index in [1.54, 1.807) is 48.5 Å². The van der Waals surface area contributed by atoms with Crippen LogP contribution in [0.5, 0.6) is 0 Å². The number of anilines is 1. The zero-order valence-corrected chi connectivity index (χ0v) is 14.5. The van der Waals surface area contributed by atoms with Crippen molar-refractivity contribution in [2.45, 2.75) is 31.1 Å². The summed E-state index contributed by atoms with van der Waals surface area (Å²) in [5, 5.41) is 3.14. The Kier molecular flexibility index (Phi) is 6.37. The van der Waals surface area contributed by atoms with Gasteiger partial charge in [-0.1, -0.05) is 50.1 Å². The van der Waals surface area contributed by atoms with Crippen molar-refractivity contribution in [3.63, 3.8) is 0 Å². The maximum atomic E-state index is 12.6. The minimum absolute atomic E-state index is 0.0748. The largest absolute Gasteiger partial charge is 0.384 e. The maximum Gasteiger partial charge on any atom is 0.266 e. The zero-order valence-electron chi connectivity index (χ0n) is 13.7. The third-order valence-electron chi connectivity index (χ3n) is 3.54. The summed E-state index contributed by atoms with van der Waals surface area (Å²) in [7, 11) is -3.94. The number of hydrogen-bond donors (Lipinski definition) is 2. The van der Waals surface area contributed by atoms with E-state index in [4.69, 9.17) is 0 Å². The summed E-state index contributed by atoms with van der Waals surface area (Å²) < 4.78 is 27.2. The van der Waals surface area contributed by atoms with Crippen molar-refractivity contribution in [3.8, 4) is 0 Å². The molecule has 128 valence electrons. The molecule has 0 aliphatic heterocycles. The van der Waals surface area contributed by atoms with E-state index in [2.05, 4.69) is 17.0 Å². The lowest BCUT2D eigenvalue weighted by atomic mass is 10.2. The molecule has 0 aliphatic carbocycles. The lowest BCUT2D eigenvalue weighted by molar-refractivity contribution is 0.0981. The molecule has 6 heteroatoms. The second-order valence-corrected chi connectivity index (χ2v) is 7.08. The van der Waals surface area contributed by atoms with Crippen molar-refractivity contribution in [2.75, 3.05) is 11.9 Å². The first-order chi connectivity index (χ1) is 11.5. The Balaban J connectivity index is 2.15. The van der Waals surface area contributed by atoms with Gasteiger partial charge in [0.15, 0.2) is 0 Å². The minimum atomic E-state index is -3.94. The van der Waals surface area contributed by atoms with Crippen molar-refractivity contribution in [3.05, 3.63) is 60.2 Å². The van der Waals surface area contributed by atoms with Gasteiger partial charge in [0.2, 0.25) is 0 Å². The van der Waals surface area contributed by atoms with Crippen LogP contribution in [0.4, 0.5) is 5.69 Å². The Morgan fingerprint density at radius 3 is 2.33 bits per heavy atom. The van der Waals surface area contributed by atoms with Crippen molar-refractivity contribution in [1.82, 2.24) is 4.72 Å². The van der Waals surface area contributed by atoms with E-state index in [-0.39, 0.29) is 4.90 Å². The normalized spacial score (nSPS) is 11.0. The minimum Gasteiger partial charge on any atom is -0.384 e. The fourth-order valence-electron chi connectivity index (χ4n) is 2.27. The van der Waals surface area contributed by atoms with Gasteiger partial charge >= 0.3 is 0 Å². The number of carbonyl (C=O) groups is 1. The van der Waals surface area contributed by atoms with Crippen LogP contribution < -0.4 is 10.0 Å². The van der Waals surface area contributed by atoms with Gasteiger partial charge in [0.1, 0.15) is 4.90 Å². The quantitative estimate of drug-likeness (QED) is 0.718. The molecule has 0 spiro atoms. The number of sulfonamides is 1. The standard InChI is InChI=1S/C18H22N2O3S/c1-2-3-9-14-19-16-12-7-8-13-17(16)24(22,23)20-18(21)15-10-5-4-6-11-15/h4-8,10-13,19H,2-3,9,14H2,1H3,(H,20,21). The molecule has 2 aromatic carbocycles. The third kappa shape index (κ3) is 4.83. The number of rotatable bonds is 8. The molecule has 2 N–H and O–H groups in total. The molecule has 0 aromatic heterocycles. The first kappa shape index (κ1) is 18.0. The summed E-state index contributed by atoms with van der Waals surface area (Å²) >= 11 is 0. The Morgan fingerprint density at radius 1 is 0.958 bits per heavy atom. The molecule has 0 saturated heterocycles. The Hall–Kier alpha value is -2.34. The molecule has 2 aromatic rings. The van der Waals surface area contributed by atoms with Gasteiger partial charge in [-0.15, -0.1) is 0 Å². The molecule has 0 bridgehead atoms. The van der Waals surface area contributed by atoms with Crippen LogP contribution in [-0.2, 0) is 10.0 Å². The van der Waals surface area contributed by atoms with Crippen LogP contribution in [0.2, 0.25) is 0 Å². The van der Waals surface area contributed by atoms with E-state index in [0.717, 1.165) is 19.3 Å². The number of para-hydroxylation sites is 1. The number of benzene rings is 2. The molecular formula is C18H22N2O3S. The summed E-state index contributed by atoms with van der Waals surface area (Å²) in [4.78, 5) is 12.2. The molecule has 24 heavy (non-hydrogen) atoms. The molecule has 0 aliphatic rings. The van der Waals surface area contributed by atoms with E-state index in [1.807, 2.05) is 0 Å². The summed E-state index contributed by atoms with van der Waals surface area (Å²) in [6.07, 6.45) is 3.13. The number of hydrogen-bond acceptors (Lipinski definition) is 4. The van der Waals surface area contributed by atoms with Crippen LogP contribution in [0, 0.1) is 0 Å². The lowest BCUT2D eigenvalue weighted by Gasteiger charge is -2.13. The molecule has 0 fully saturated rings. The smallest absolute Gasteiger partial charge is 0.266 e. The number of nitrogens with one attached hydrogen (secondary N) is 2. The van der Waals surface area contributed by atoms with Gasteiger partial charge in [-0.2, -0.15) is 0 Å². The predicted octanol–water partition coefficient (Wildman–Crippen LogP) is 3.41. The van der Waals surface area contributed by atoms with E-state index in [9.17, 15) is 13.2 Å². The van der Waals surface area contributed by atoms with Gasteiger partial charge in [0.25, 0.3) is 15.9 Å². The van der Waals surface area contributed by atoms with Crippen molar-refractivity contribution in [2.24, 2.45) is 0 Å². The second kappa shape index (κ2) is 8.49. The first-order valence-electron chi connectivity index (χ1n) is 7.99. The Bertz CT molecular complexity index is 774. The maximum absolute atomic E-state index is 12.6. The molecule has 0 radical (unpaired) electrons. The summed E-state index contributed by atoms with van der Waals surface area (Å²) in [5.41, 5.74) is 0.802. The zero-order chi connectivity index (χ0) is 17.4. The lowest BCUT2D eigenvalue weighted by Crippen LogP contribution is -2.31. The van der Waals surface area contributed by atoms with Gasteiger partial charge in [0.05, 0.1) is 5.69 Å². The van der Waals surface area contributed by atoms with Crippen LogP contribution in [0.3, 0.4) is 0 Å². The van der Waals surface area contributed by atoms with E-state index in [1.165, 1.54) is 6.07 Å². The van der Waals surface area contributed by atoms with E-state index < -0.39 is 15.9 Å². The fraction of sp³-hybridized carbons (Fsp3) is 0.278. The Labute approximate surface area is 143 Å². The van der Waals surface area contributed by atoms with Crippen molar-refractivity contribution < 1.29 is 13.2 Å².